The van der Waals surface area contributed by atoms with Crippen molar-refractivity contribution in [1.29, 1.82) is 5.41 Å². The number of anilines is 3. The zero-order chi connectivity index (χ0) is 19.2. The molecule has 0 saturated carbocycles. The molecule has 140 valence electrons. The van der Waals surface area contributed by atoms with Crippen molar-refractivity contribution in [3.05, 3.63) is 53.9 Å². The third kappa shape index (κ3) is 4.31. The van der Waals surface area contributed by atoms with Crippen LogP contribution in [0.3, 0.4) is 0 Å². The van der Waals surface area contributed by atoms with Crippen LogP contribution in [0.2, 0.25) is 0 Å². The molecule has 4 N–H and O–H groups in total. The SMILES string of the molecule is CN=CC(=CN)c1ccc(C=N)c(Nc2ccnc(N3CCC(F)C3)c2)c1. The van der Waals surface area contributed by atoms with Crippen LogP contribution < -0.4 is 16.0 Å². The third-order valence-electron chi connectivity index (χ3n) is 4.47. The maximum Gasteiger partial charge on any atom is 0.130 e. The van der Waals surface area contributed by atoms with Gasteiger partial charge in [0.15, 0.2) is 0 Å². The molecule has 0 bridgehead atoms. The van der Waals surface area contributed by atoms with Gasteiger partial charge >= 0.3 is 0 Å². The number of rotatable bonds is 6. The van der Waals surface area contributed by atoms with Gasteiger partial charge in [0.1, 0.15) is 12.0 Å². The number of aromatic nitrogens is 1. The molecule has 27 heavy (non-hydrogen) atoms. The number of allylic oxidation sites excluding steroid dienone is 1. The smallest absolute Gasteiger partial charge is 0.130 e. The Morgan fingerprint density at radius 3 is 2.93 bits per heavy atom. The fourth-order valence-corrected chi connectivity index (χ4v) is 3.07. The molecule has 3 rings (SSSR count). The van der Waals surface area contributed by atoms with Gasteiger partial charge in [0.2, 0.25) is 0 Å². The number of nitrogens with zero attached hydrogens (tertiary/aromatic N) is 3. The van der Waals surface area contributed by atoms with Crippen LogP contribution in [0.15, 0.2) is 47.7 Å². The Bertz CT molecular complexity index is 877. The van der Waals surface area contributed by atoms with Crippen LogP contribution in [0, 0.1) is 5.41 Å². The molecule has 1 saturated heterocycles. The summed E-state index contributed by atoms with van der Waals surface area (Å²) in [4.78, 5) is 10.3. The minimum Gasteiger partial charge on any atom is -0.404 e. The first-order valence-electron chi connectivity index (χ1n) is 8.75. The topological polar surface area (TPSA) is 90.4 Å². The minimum atomic E-state index is -0.800. The molecule has 1 fully saturated rings. The molecule has 2 aromatic rings. The van der Waals surface area contributed by atoms with E-state index < -0.39 is 6.17 Å². The highest BCUT2D eigenvalue weighted by Gasteiger charge is 2.22. The van der Waals surface area contributed by atoms with E-state index in [4.69, 9.17) is 11.1 Å². The Balaban J connectivity index is 1.89. The first-order chi connectivity index (χ1) is 13.1. The molecular weight excluding hydrogens is 343 g/mol. The van der Waals surface area contributed by atoms with E-state index in [0.29, 0.717) is 19.5 Å². The Morgan fingerprint density at radius 2 is 2.26 bits per heavy atom. The van der Waals surface area contributed by atoms with Gasteiger partial charge in [-0.15, -0.1) is 0 Å². The Labute approximate surface area is 158 Å². The molecule has 6 nitrogen and oxygen atoms in total. The summed E-state index contributed by atoms with van der Waals surface area (Å²) in [5.41, 5.74) is 9.72. The van der Waals surface area contributed by atoms with Gasteiger partial charge in [0.05, 0.1) is 6.54 Å². The first kappa shape index (κ1) is 18.6. The Kier molecular flexibility index (Phi) is 5.80. The lowest BCUT2D eigenvalue weighted by Gasteiger charge is -2.18. The predicted molar refractivity (Wildman–Crippen MR) is 110 cm³/mol. The molecule has 0 spiro atoms. The predicted octanol–water partition coefficient (Wildman–Crippen LogP) is 3.37. The van der Waals surface area contributed by atoms with E-state index in [2.05, 4.69) is 15.3 Å². The summed E-state index contributed by atoms with van der Waals surface area (Å²) in [5.74, 6) is 0.744. The lowest BCUT2D eigenvalue weighted by atomic mass is 10.0. The Morgan fingerprint density at radius 1 is 1.41 bits per heavy atom. The van der Waals surface area contributed by atoms with Crippen molar-refractivity contribution in [2.24, 2.45) is 10.7 Å². The summed E-state index contributed by atoms with van der Waals surface area (Å²) in [5, 5.41) is 11.0. The van der Waals surface area contributed by atoms with Gasteiger partial charge in [-0.2, -0.15) is 0 Å². The van der Waals surface area contributed by atoms with E-state index in [1.165, 1.54) is 12.4 Å². The zero-order valence-electron chi connectivity index (χ0n) is 15.2. The third-order valence-corrected chi connectivity index (χ3v) is 4.47. The van der Waals surface area contributed by atoms with E-state index in [1.54, 1.807) is 19.5 Å². The van der Waals surface area contributed by atoms with Crippen molar-refractivity contribution in [2.45, 2.75) is 12.6 Å². The molecule has 1 aliphatic heterocycles. The van der Waals surface area contributed by atoms with Crippen molar-refractivity contribution in [1.82, 2.24) is 4.98 Å². The van der Waals surface area contributed by atoms with Gasteiger partial charge < -0.3 is 21.4 Å². The molecule has 2 heterocycles. The number of hydrogen-bond acceptors (Lipinski definition) is 6. The average molecular weight is 366 g/mol. The van der Waals surface area contributed by atoms with Crippen LogP contribution in [0.1, 0.15) is 17.5 Å². The van der Waals surface area contributed by atoms with E-state index in [1.807, 2.05) is 35.2 Å². The maximum absolute atomic E-state index is 13.5. The van der Waals surface area contributed by atoms with Crippen molar-refractivity contribution in [3.63, 3.8) is 0 Å². The second-order valence-electron chi connectivity index (χ2n) is 6.32. The number of aliphatic imine (C=N–C) groups is 1. The first-order valence-corrected chi connectivity index (χ1v) is 8.75. The summed E-state index contributed by atoms with van der Waals surface area (Å²) >= 11 is 0. The van der Waals surface area contributed by atoms with E-state index >= 15 is 0 Å². The number of nitrogens with one attached hydrogen (secondary N) is 2. The summed E-state index contributed by atoms with van der Waals surface area (Å²) in [6.07, 6.45) is 5.92. The zero-order valence-corrected chi connectivity index (χ0v) is 15.2. The van der Waals surface area contributed by atoms with Crippen LogP contribution in [-0.2, 0) is 0 Å². The van der Waals surface area contributed by atoms with Crippen LogP contribution in [0.5, 0.6) is 0 Å². The molecule has 1 aromatic heterocycles. The van der Waals surface area contributed by atoms with Gasteiger partial charge in [-0.05, 0) is 24.1 Å². The second kappa shape index (κ2) is 8.44. The summed E-state index contributed by atoms with van der Waals surface area (Å²) in [6, 6.07) is 9.42. The van der Waals surface area contributed by atoms with Crippen molar-refractivity contribution < 1.29 is 4.39 Å². The quantitative estimate of drug-likeness (QED) is 0.684. The Hall–Kier alpha value is -3.22. The largest absolute Gasteiger partial charge is 0.404 e. The highest BCUT2D eigenvalue weighted by Crippen LogP contribution is 2.27. The molecular formula is C20H23FN6. The number of hydrogen-bond donors (Lipinski definition) is 3. The van der Waals surface area contributed by atoms with Crippen molar-refractivity contribution >= 4 is 35.2 Å². The van der Waals surface area contributed by atoms with Gasteiger partial charge in [0, 0.05) is 67.0 Å². The van der Waals surface area contributed by atoms with Gasteiger partial charge in [-0.25, -0.2) is 9.37 Å². The normalized spacial score (nSPS) is 17.5. The molecule has 1 unspecified atom stereocenters. The molecule has 1 atom stereocenters. The highest BCUT2D eigenvalue weighted by molar-refractivity contribution is 6.10. The van der Waals surface area contributed by atoms with Crippen LogP contribution in [0.25, 0.3) is 5.57 Å². The lowest BCUT2D eigenvalue weighted by molar-refractivity contribution is 0.364. The average Bonchev–Trinajstić information content (AvgIpc) is 3.13. The number of nitrogens with two attached hydrogens (primary N) is 1. The van der Waals surface area contributed by atoms with Crippen LogP contribution >= 0.6 is 0 Å². The lowest BCUT2D eigenvalue weighted by Crippen LogP contribution is -2.21. The minimum absolute atomic E-state index is 0.374. The van der Waals surface area contributed by atoms with Crippen LogP contribution in [-0.4, -0.2) is 43.7 Å². The molecule has 1 aromatic carbocycles. The summed E-state index contributed by atoms with van der Waals surface area (Å²) in [6.45, 7) is 1.04. The van der Waals surface area contributed by atoms with Crippen molar-refractivity contribution in [2.75, 3.05) is 30.4 Å². The number of halogens is 1. The maximum atomic E-state index is 13.5. The summed E-state index contributed by atoms with van der Waals surface area (Å²) < 4.78 is 13.5. The fraction of sp³-hybridized carbons (Fsp3) is 0.250. The van der Waals surface area contributed by atoms with Gasteiger partial charge in [-0.3, -0.25) is 4.99 Å². The van der Waals surface area contributed by atoms with E-state index in [-0.39, 0.29) is 0 Å². The molecule has 0 aliphatic carbocycles. The number of alkyl halides is 1. The molecule has 1 aliphatic rings. The monoisotopic (exact) mass is 366 g/mol. The molecule has 0 radical (unpaired) electrons. The summed E-state index contributed by atoms with van der Waals surface area (Å²) in [7, 11) is 1.69. The van der Waals surface area contributed by atoms with Crippen LogP contribution in [0.4, 0.5) is 21.6 Å². The molecule has 7 heteroatoms. The van der Waals surface area contributed by atoms with Gasteiger partial charge in [-0.1, -0.05) is 12.1 Å². The number of pyridine rings is 1. The van der Waals surface area contributed by atoms with Gasteiger partial charge in [0.25, 0.3) is 0 Å². The number of benzene rings is 1. The van der Waals surface area contributed by atoms with E-state index in [0.717, 1.165) is 33.9 Å². The fourth-order valence-electron chi connectivity index (χ4n) is 3.07. The molecule has 0 amide bonds. The standard InChI is InChI=1S/C20H23FN6/c1-24-12-16(11-23)14-2-3-15(10-22)19(8-14)26-18-4-6-25-20(9-18)27-7-5-17(21)13-27/h2-4,6,8-12,17,22H,5,7,13,23H2,1H3,(H,25,26). The van der Waals surface area contributed by atoms with E-state index in [9.17, 15) is 4.39 Å². The van der Waals surface area contributed by atoms with Crippen molar-refractivity contribution in [3.8, 4) is 0 Å². The highest BCUT2D eigenvalue weighted by atomic mass is 19.1. The second-order valence-corrected chi connectivity index (χ2v) is 6.32.